The molecule has 7 heteroatoms. The molecular weight excluding hydrogens is 390 g/mol. The van der Waals surface area contributed by atoms with Crippen LogP contribution in [0.3, 0.4) is 0 Å². The molecule has 7 nitrogen and oxygen atoms in total. The molecule has 2 aliphatic rings. The second-order valence-corrected chi connectivity index (χ2v) is 10.1. The van der Waals surface area contributed by atoms with E-state index in [0.717, 1.165) is 57.6 Å². The first-order valence-electron chi connectivity index (χ1n) is 11.6. The lowest BCUT2D eigenvalue weighted by atomic mass is 9.85. The maximum absolute atomic E-state index is 12.9. The molecule has 0 fully saturated rings. The Morgan fingerprint density at radius 3 is 2.65 bits per heavy atom. The van der Waals surface area contributed by atoms with Crippen LogP contribution in [0.1, 0.15) is 57.0 Å². The molecule has 4 rings (SSSR count). The lowest BCUT2D eigenvalue weighted by Gasteiger charge is -2.38. The summed E-state index contributed by atoms with van der Waals surface area (Å²) in [5, 5.41) is 7.66. The number of fused-ring (bicyclic) bond motifs is 2. The third-order valence-electron chi connectivity index (χ3n) is 6.61. The van der Waals surface area contributed by atoms with E-state index in [9.17, 15) is 9.59 Å². The maximum atomic E-state index is 12.9. The van der Waals surface area contributed by atoms with E-state index in [1.807, 2.05) is 0 Å². The highest BCUT2D eigenvalue weighted by Gasteiger charge is 2.30. The van der Waals surface area contributed by atoms with Crippen molar-refractivity contribution in [1.29, 1.82) is 0 Å². The van der Waals surface area contributed by atoms with E-state index in [0.29, 0.717) is 6.54 Å². The summed E-state index contributed by atoms with van der Waals surface area (Å²) in [6.07, 6.45) is 5.02. The number of nitrogens with one attached hydrogen (secondary N) is 1. The largest absolute Gasteiger partial charge is 0.350 e. The van der Waals surface area contributed by atoms with Gasteiger partial charge in [0, 0.05) is 38.6 Å². The minimum atomic E-state index is -0.160. The number of aryl methyl sites for hydroxylation is 1. The summed E-state index contributed by atoms with van der Waals surface area (Å²) >= 11 is 0. The van der Waals surface area contributed by atoms with Gasteiger partial charge >= 0.3 is 5.69 Å². The maximum Gasteiger partial charge on any atom is 0.346 e. The van der Waals surface area contributed by atoms with Crippen LogP contribution in [0.5, 0.6) is 0 Å². The highest BCUT2D eigenvalue weighted by Crippen LogP contribution is 2.24. The smallest absolute Gasteiger partial charge is 0.346 e. The van der Waals surface area contributed by atoms with Crippen molar-refractivity contribution in [2.45, 2.75) is 78.6 Å². The van der Waals surface area contributed by atoms with Gasteiger partial charge in [0.2, 0.25) is 5.91 Å². The number of hydrogen-bond acceptors (Lipinski definition) is 4. The predicted molar refractivity (Wildman–Crippen MR) is 121 cm³/mol. The molecule has 3 heterocycles. The Morgan fingerprint density at radius 2 is 1.87 bits per heavy atom. The van der Waals surface area contributed by atoms with Crippen molar-refractivity contribution in [2.75, 3.05) is 13.1 Å². The van der Waals surface area contributed by atoms with Crippen LogP contribution in [0.15, 0.2) is 29.1 Å². The fourth-order valence-electron chi connectivity index (χ4n) is 4.61. The van der Waals surface area contributed by atoms with Crippen molar-refractivity contribution < 1.29 is 4.79 Å². The first-order chi connectivity index (χ1) is 14.8. The van der Waals surface area contributed by atoms with Gasteiger partial charge in [0.25, 0.3) is 0 Å². The minimum Gasteiger partial charge on any atom is -0.350 e. The lowest BCUT2D eigenvalue weighted by Crippen LogP contribution is -2.52. The van der Waals surface area contributed by atoms with Crippen molar-refractivity contribution >= 4 is 5.91 Å². The monoisotopic (exact) mass is 425 g/mol. The van der Waals surface area contributed by atoms with Crippen molar-refractivity contribution in [3.8, 4) is 0 Å². The van der Waals surface area contributed by atoms with Gasteiger partial charge in [0.1, 0.15) is 12.4 Å². The van der Waals surface area contributed by atoms with Crippen molar-refractivity contribution in [1.82, 2.24) is 24.6 Å². The molecule has 1 aromatic heterocycles. The Kier molecular flexibility index (Phi) is 6.32. The predicted octanol–water partition coefficient (Wildman–Crippen LogP) is 2.36. The van der Waals surface area contributed by atoms with Crippen LogP contribution < -0.4 is 11.0 Å². The van der Waals surface area contributed by atoms with Gasteiger partial charge in [0.15, 0.2) is 0 Å². The minimum absolute atomic E-state index is 0.0126. The van der Waals surface area contributed by atoms with Gasteiger partial charge in [-0.2, -0.15) is 5.10 Å². The summed E-state index contributed by atoms with van der Waals surface area (Å²) in [7, 11) is 0. The van der Waals surface area contributed by atoms with Crippen LogP contribution in [0.2, 0.25) is 0 Å². The summed E-state index contributed by atoms with van der Waals surface area (Å²) in [4.78, 5) is 28.0. The van der Waals surface area contributed by atoms with Crippen LogP contribution in [0.25, 0.3) is 0 Å². The first kappa shape index (κ1) is 21.8. The normalized spacial score (nSPS) is 18.0. The van der Waals surface area contributed by atoms with Gasteiger partial charge in [-0.15, -0.1) is 0 Å². The molecule has 168 valence electrons. The molecule has 0 saturated heterocycles. The molecule has 0 saturated carbocycles. The van der Waals surface area contributed by atoms with Crippen molar-refractivity contribution in [2.24, 2.45) is 5.41 Å². The van der Waals surface area contributed by atoms with E-state index in [4.69, 9.17) is 0 Å². The van der Waals surface area contributed by atoms with Crippen LogP contribution in [-0.4, -0.2) is 44.3 Å². The third-order valence-corrected chi connectivity index (χ3v) is 6.61. The van der Waals surface area contributed by atoms with E-state index in [1.165, 1.54) is 15.8 Å². The Hall–Kier alpha value is -2.41. The number of carbonyl (C=O) groups excluding carboxylic acids is 1. The molecule has 1 aromatic carbocycles. The summed E-state index contributed by atoms with van der Waals surface area (Å²) in [5.41, 5.74) is 2.54. The van der Waals surface area contributed by atoms with E-state index in [2.05, 4.69) is 60.4 Å². The number of carbonyl (C=O) groups is 1. The highest BCUT2D eigenvalue weighted by molar-refractivity contribution is 5.76. The fourth-order valence-corrected chi connectivity index (χ4v) is 4.61. The average molecular weight is 426 g/mol. The average Bonchev–Trinajstić information content (AvgIpc) is 2.89. The van der Waals surface area contributed by atoms with Gasteiger partial charge in [-0.25, -0.2) is 9.48 Å². The Balaban J connectivity index is 1.42. The molecular formula is C24H35N5O2. The number of amides is 1. The van der Waals surface area contributed by atoms with Gasteiger partial charge in [-0.1, -0.05) is 51.5 Å². The Bertz CT molecular complexity index is 985. The van der Waals surface area contributed by atoms with Gasteiger partial charge in [0.05, 0.1) is 0 Å². The van der Waals surface area contributed by atoms with Gasteiger partial charge in [-0.05, 0) is 35.8 Å². The third kappa shape index (κ3) is 5.09. The van der Waals surface area contributed by atoms with Crippen LogP contribution in [0, 0.1) is 5.41 Å². The molecule has 0 aliphatic carbocycles. The molecule has 31 heavy (non-hydrogen) atoms. The van der Waals surface area contributed by atoms with E-state index < -0.39 is 0 Å². The van der Waals surface area contributed by atoms with Crippen LogP contribution >= 0.6 is 0 Å². The second kappa shape index (κ2) is 8.99. The molecule has 2 aliphatic heterocycles. The zero-order chi connectivity index (χ0) is 22.0. The molecule has 1 amide bonds. The topological polar surface area (TPSA) is 72.2 Å². The number of rotatable bonds is 5. The number of benzene rings is 1. The van der Waals surface area contributed by atoms with Crippen LogP contribution in [-0.2, 0) is 37.3 Å². The van der Waals surface area contributed by atoms with E-state index in [-0.39, 0.29) is 29.6 Å². The Labute approximate surface area is 184 Å². The fraction of sp³-hybridized carbons (Fsp3) is 0.625. The summed E-state index contributed by atoms with van der Waals surface area (Å²) < 4.78 is 3.08. The summed E-state index contributed by atoms with van der Waals surface area (Å²) in [6, 6.07) is 8.59. The van der Waals surface area contributed by atoms with Crippen molar-refractivity contribution in [3.63, 3.8) is 0 Å². The quantitative estimate of drug-likeness (QED) is 0.798. The zero-order valence-corrected chi connectivity index (χ0v) is 19.1. The molecule has 0 bridgehead atoms. The zero-order valence-electron chi connectivity index (χ0n) is 19.1. The number of hydrogen-bond donors (Lipinski definition) is 1. The lowest BCUT2D eigenvalue weighted by molar-refractivity contribution is -0.123. The van der Waals surface area contributed by atoms with Crippen LogP contribution in [0.4, 0.5) is 0 Å². The Morgan fingerprint density at radius 1 is 1.10 bits per heavy atom. The highest BCUT2D eigenvalue weighted by atomic mass is 16.2. The standard InChI is InChI=1S/C24H35N5O2/c1-24(2,3)20(16-27-14-12-18-9-6-7-10-19(18)15-27)25-22(30)17-29-23(31)28-13-8-4-5-11-21(28)26-29/h6-7,9-10,20H,4-5,8,11-17H2,1-3H3,(H,25,30). The second-order valence-electron chi connectivity index (χ2n) is 10.1. The van der Waals surface area contributed by atoms with E-state index in [1.54, 1.807) is 4.57 Å². The SMILES string of the molecule is CC(C)(C)C(CN1CCc2ccccc2C1)NC(=O)Cn1nc2n(c1=O)CCCCC2. The summed E-state index contributed by atoms with van der Waals surface area (Å²) in [5.74, 6) is 0.669. The molecule has 1 atom stereocenters. The van der Waals surface area contributed by atoms with Gasteiger partial charge < -0.3 is 5.32 Å². The molecule has 1 N–H and O–H groups in total. The molecule has 0 spiro atoms. The van der Waals surface area contributed by atoms with Gasteiger partial charge in [-0.3, -0.25) is 14.3 Å². The van der Waals surface area contributed by atoms with E-state index >= 15 is 0 Å². The molecule has 0 radical (unpaired) electrons. The van der Waals surface area contributed by atoms with Crippen molar-refractivity contribution in [3.05, 3.63) is 51.7 Å². The molecule has 1 unspecified atom stereocenters. The number of nitrogens with zero attached hydrogens (tertiary/aromatic N) is 4. The summed E-state index contributed by atoms with van der Waals surface area (Å²) in [6.45, 7) is 9.84. The number of aromatic nitrogens is 3. The first-order valence-corrected chi connectivity index (χ1v) is 11.6. The molecule has 2 aromatic rings.